The third-order valence-corrected chi connectivity index (χ3v) is 7.06. The fourth-order valence-electron chi connectivity index (χ4n) is 5.44. The summed E-state index contributed by atoms with van der Waals surface area (Å²) in [6, 6.07) is 6.54. The Kier molecular flexibility index (Phi) is 4.77. The Labute approximate surface area is 189 Å². The molecule has 3 aliphatic heterocycles. The van der Waals surface area contributed by atoms with Crippen LogP contribution < -0.4 is 11.1 Å². The van der Waals surface area contributed by atoms with Gasteiger partial charge in [-0.05, 0) is 38.1 Å². The molecule has 2 saturated heterocycles. The molecule has 33 heavy (non-hydrogen) atoms. The molecular formula is C23H24N4O6. The molecule has 0 spiro atoms. The summed E-state index contributed by atoms with van der Waals surface area (Å²) in [5.74, 6) is -2.16. The van der Waals surface area contributed by atoms with Crippen LogP contribution in [0.4, 0.5) is 10.5 Å². The maximum Gasteiger partial charge on any atom is 0.404 e. The van der Waals surface area contributed by atoms with Gasteiger partial charge < -0.3 is 25.4 Å². The van der Waals surface area contributed by atoms with E-state index in [1.165, 1.54) is 14.0 Å². The Balaban J connectivity index is 1.58. The predicted molar refractivity (Wildman–Crippen MR) is 116 cm³/mol. The highest BCUT2D eigenvalue weighted by molar-refractivity contribution is 6.53. The van der Waals surface area contributed by atoms with Crippen molar-refractivity contribution in [1.82, 2.24) is 10.2 Å². The summed E-state index contributed by atoms with van der Waals surface area (Å²) in [7, 11) is 1.52. The number of ketones is 3. The van der Waals surface area contributed by atoms with Crippen molar-refractivity contribution in [3.8, 4) is 0 Å². The van der Waals surface area contributed by atoms with Gasteiger partial charge in [0.1, 0.15) is 6.61 Å². The summed E-state index contributed by atoms with van der Waals surface area (Å²) in [5.41, 5.74) is 5.83. The molecule has 172 valence electrons. The van der Waals surface area contributed by atoms with Gasteiger partial charge in [-0.3, -0.25) is 14.4 Å². The lowest BCUT2D eigenvalue weighted by Crippen LogP contribution is -2.55. The number of Topliss-reactive ketones (excluding diaryl/α,β-unsaturated/α-hetero) is 3. The number of piperazine rings is 1. The van der Waals surface area contributed by atoms with Crippen LogP contribution in [-0.2, 0) is 19.1 Å². The van der Waals surface area contributed by atoms with Gasteiger partial charge in [0.2, 0.25) is 5.78 Å². The second-order valence-corrected chi connectivity index (χ2v) is 8.78. The predicted octanol–water partition coefficient (Wildman–Crippen LogP) is 0.728. The van der Waals surface area contributed by atoms with E-state index in [4.69, 9.17) is 15.2 Å². The van der Waals surface area contributed by atoms with Crippen LogP contribution in [0.15, 0.2) is 40.5 Å². The van der Waals surface area contributed by atoms with E-state index in [9.17, 15) is 19.2 Å². The van der Waals surface area contributed by atoms with Crippen LogP contribution >= 0.6 is 0 Å². The smallest absolute Gasteiger partial charge is 0.404 e. The molecule has 1 aromatic carbocycles. The van der Waals surface area contributed by atoms with Crippen molar-refractivity contribution < 1.29 is 28.7 Å². The van der Waals surface area contributed by atoms with Crippen LogP contribution in [0.2, 0.25) is 0 Å². The lowest BCUT2D eigenvalue weighted by Gasteiger charge is -2.39. The van der Waals surface area contributed by atoms with Gasteiger partial charge in [-0.2, -0.15) is 0 Å². The van der Waals surface area contributed by atoms with E-state index in [2.05, 4.69) is 10.3 Å². The number of nitrogens with two attached hydrogens (primary N) is 1. The molecule has 2 fully saturated rings. The molecule has 3 heterocycles. The molecular weight excluding hydrogens is 428 g/mol. The number of carbonyl (C=O) groups excluding carboxylic acids is 4. The van der Waals surface area contributed by atoms with Gasteiger partial charge in [-0.15, -0.1) is 0 Å². The Hall–Kier alpha value is -3.37. The molecule has 1 aliphatic carbocycles. The zero-order chi connectivity index (χ0) is 23.7. The number of amides is 1. The molecule has 5 unspecified atom stereocenters. The second-order valence-electron chi connectivity index (χ2n) is 8.78. The van der Waals surface area contributed by atoms with Crippen molar-refractivity contribution in [2.75, 3.05) is 20.3 Å². The first kappa shape index (κ1) is 21.5. The number of ether oxygens (including phenoxy) is 2. The van der Waals surface area contributed by atoms with Crippen LogP contribution in [0.5, 0.6) is 0 Å². The second kappa shape index (κ2) is 7.32. The molecule has 5 atom stereocenters. The summed E-state index contributed by atoms with van der Waals surface area (Å²) < 4.78 is 11.1. The minimum Gasteiger partial charge on any atom is -0.449 e. The van der Waals surface area contributed by atoms with Gasteiger partial charge in [0.25, 0.3) is 0 Å². The summed E-state index contributed by atoms with van der Waals surface area (Å²) >= 11 is 0. The van der Waals surface area contributed by atoms with E-state index in [1.54, 1.807) is 31.2 Å². The number of benzene rings is 1. The normalized spacial score (nSPS) is 33.2. The van der Waals surface area contributed by atoms with Crippen molar-refractivity contribution in [2.45, 2.75) is 31.7 Å². The third-order valence-electron chi connectivity index (χ3n) is 7.06. The molecule has 5 rings (SSSR count). The van der Waals surface area contributed by atoms with Gasteiger partial charge >= 0.3 is 6.09 Å². The van der Waals surface area contributed by atoms with E-state index in [1.807, 2.05) is 4.90 Å². The van der Waals surface area contributed by atoms with Crippen molar-refractivity contribution in [1.29, 1.82) is 0 Å². The highest BCUT2D eigenvalue weighted by atomic mass is 16.6. The van der Waals surface area contributed by atoms with Gasteiger partial charge in [0.15, 0.2) is 17.3 Å². The number of allylic oxidation sites excluding steroid dienone is 1. The zero-order valence-electron chi connectivity index (χ0n) is 18.5. The standard InChI is InChI=1S/C23H24N4O6/c1-10-17(25-13-6-4-12(5-7-13)11(2)28)20(30)16-14(9-33-22(24)31)23(32-3)21-15(26-21)8-27(23)18(16)19(10)29/h4-7,10,14-15,21,26H,8-9H2,1-3H3,(H2,24,31). The summed E-state index contributed by atoms with van der Waals surface area (Å²) in [6.45, 7) is 3.43. The number of fused-ring (bicyclic) bond motifs is 4. The van der Waals surface area contributed by atoms with E-state index in [-0.39, 0.29) is 47.3 Å². The molecule has 0 saturated carbocycles. The highest BCUT2D eigenvalue weighted by Gasteiger charge is 2.73. The minimum absolute atomic E-state index is 0.0815. The lowest BCUT2D eigenvalue weighted by atomic mass is 9.78. The zero-order valence-corrected chi connectivity index (χ0v) is 18.5. The molecule has 0 aromatic heterocycles. The molecule has 0 radical (unpaired) electrons. The van der Waals surface area contributed by atoms with E-state index >= 15 is 0 Å². The molecule has 1 amide bonds. The quantitative estimate of drug-likeness (QED) is 0.490. The largest absolute Gasteiger partial charge is 0.449 e. The van der Waals surface area contributed by atoms with E-state index < -0.39 is 23.7 Å². The fraction of sp³-hybridized carbons (Fsp3) is 0.435. The van der Waals surface area contributed by atoms with Crippen molar-refractivity contribution in [2.24, 2.45) is 22.6 Å². The minimum atomic E-state index is -1.02. The van der Waals surface area contributed by atoms with E-state index in [0.717, 1.165) is 0 Å². The fourth-order valence-corrected chi connectivity index (χ4v) is 5.44. The van der Waals surface area contributed by atoms with Gasteiger partial charge in [-0.1, -0.05) is 0 Å². The monoisotopic (exact) mass is 452 g/mol. The number of hydrogen-bond acceptors (Lipinski definition) is 9. The van der Waals surface area contributed by atoms with Crippen molar-refractivity contribution >= 4 is 34.8 Å². The summed E-state index contributed by atoms with van der Waals surface area (Å²) in [5, 5.41) is 3.32. The number of hydrogen-bond donors (Lipinski definition) is 2. The van der Waals surface area contributed by atoms with Crippen molar-refractivity contribution in [3.05, 3.63) is 41.1 Å². The Morgan fingerprint density at radius 1 is 1.27 bits per heavy atom. The Bertz CT molecular complexity index is 1160. The highest BCUT2D eigenvalue weighted by Crippen LogP contribution is 2.55. The van der Waals surface area contributed by atoms with Crippen LogP contribution in [0, 0.1) is 11.8 Å². The molecule has 10 nitrogen and oxygen atoms in total. The molecule has 4 aliphatic rings. The van der Waals surface area contributed by atoms with Crippen LogP contribution in [0.1, 0.15) is 24.2 Å². The Morgan fingerprint density at radius 3 is 2.58 bits per heavy atom. The third kappa shape index (κ3) is 2.97. The maximum absolute atomic E-state index is 13.7. The van der Waals surface area contributed by atoms with Crippen LogP contribution in [-0.4, -0.2) is 72.1 Å². The van der Waals surface area contributed by atoms with Gasteiger partial charge in [-0.25, -0.2) is 9.79 Å². The number of rotatable bonds is 5. The van der Waals surface area contributed by atoms with Crippen LogP contribution in [0.3, 0.4) is 0 Å². The van der Waals surface area contributed by atoms with Crippen LogP contribution in [0.25, 0.3) is 0 Å². The number of nitrogens with one attached hydrogen (secondary N) is 1. The lowest BCUT2D eigenvalue weighted by molar-refractivity contribution is -0.138. The van der Waals surface area contributed by atoms with Crippen molar-refractivity contribution in [3.63, 3.8) is 0 Å². The average molecular weight is 452 g/mol. The number of carbonyl (C=O) groups is 4. The Morgan fingerprint density at radius 2 is 1.97 bits per heavy atom. The summed E-state index contributed by atoms with van der Waals surface area (Å²) in [6.07, 6.45) is -0.970. The first-order chi connectivity index (χ1) is 15.7. The first-order valence-corrected chi connectivity index (χ1v) is 10.7. The average Bonchev–Trinajstić information content (AvgIpc) is 3.40. The number of methoxy groups -OCH3 is 1. The molecule has 10 heteroatoms. The SMILES string of the molecule is COC12C(COC(N)=O)C3=C(C(=O)C(C)C(=Nc4ccc(C(C)=O)cc4)C3=O)N1CC1NC12. The number of nitrogens with zero attached hydrogens (tertiary/aromatic N) is 2. The maximum atomic E-state index is 13.7. The molecule has 0 bridgehead atoms. The number of aliphatic imine (C=N–C) groups is 1. The van der Waals surface area contributed by atoms with E-state index in [0.29, 0.717) is 23.5 Å². The first-order valence-electron chi connectivity index (χ1n) is 10.7. The van der Waals surface area contributed by atoms with Gasteiger partial charge in [0.05, 0.1) is 35.0 Å². The summed E-state index contributed by atoms with van der Waals surface area (Å²) in [4.78, 5) is 56.5. The molecule has 1 aromatic rings. The molecule has 3 N–H and O–H groups in total. The van der Waals surface area contributed by atoms with Gasteiger partial charge in [0, 0.05) is 30.8 Å². The number of primary amides is 1. The topological polar surface area (TPSA) is 150 Å².